The van der Waals surface area contributed by atoms with Crippen LogP contribution in [0, 0.1) is 11.8 Å². The predicted molar refractivity (Wildman–Crippen MR) is 83.3 cm³/mol. The van der Waals surface area contributed by atoms with Crippen LogP contribution in [0.5, 0.6) is 0 Å². The van der Waals surface area contributed by atoms with Crippen LogP contribution in [0.1, 0.15) is 26.7 Å². The Kier molecular flexibility index (Phi) is 7.69. The fourth-order valence-electron chi connectivity index (χ4n) is 1.94. The lowest BCUT2D eigenvalue weighted by Gasteiger charge is -2.17. The van der Waals surface area contributed by atoms with Crippen LogP contribution in [0.3, 0.4) is 0 Å². The molecule has 1 atom stereocenters. The van der Waals surface area contributed by atoms with Gasteiger partial charge in [-0.15, -0.1) is 23.1 Å². The number of hydrogen-bond acceptors (Lipinski definition) is 4. The maximum absolute atomic E-state index is 11.7. The van der Waals surface area contributed by atoms with Crippen molar-refractivity contribution >= 4 is 35.0 Å². The summed E-state index contributed by atoms with van der Waals surface area (Å²) in [6.45, 7) is 4.56. The minimum absolute atomic E-state index is 0.00295. The highest BCUT2D eigenvalue weighted by Crippen LogP contribution is 2.23. The number of carboxylic acids is 1. The van der Waals surface area contributed by atoms with Crippen molar-refractivity contribution < 1.29 is 14.7 Å². The van der Waals surface area contributed by atoms with Crippen molar-refractivity contribution in [3.8, 4) is 0 Å². The number of hydrogen-bond donors (Lipinski definition) is 2. The van der Waals surface area contributed by atoms with Crippen LogP contribution in [0.25, 0.3) is 0 Å². The number of carbonyl (C=O) groups excluding carboxylic acids is 1. The molecule has 20 heavy (non-hydrogen) atoms. The van der Waals surface area contributed by atoms with Gasteiger partial charge in [-0.3, -0.25) is 9.59 Å². The molecule has 0 fully saturated rings. The van der Waals surface area contributed by atoms with Gasteiger partial charge in [0.1, 0.15) is 0 Å². The number of thioether (sulfide) groups is 1. The zero-order chi connectivity index (χ0) is 15.0. The quantitative estimate of drug-likeness (QED) is 0.687. The molecule has 6 heteroatoms. The Hall–Kier alpha value is -1.01. The Labute approximate surface area is 128 Å². The molecule has 0 aliphatic heterocycles. The molecule has 0 saturated carbocycles. The van der Waals surface area contributed by atoms with Gasteiger partial charge in [0, 0.05) is 13.0 Å². The number of amides is 1. The second kappa shape index (κ2) is 9.02. The highest BCUT2D eigenvalue weighted by atomic mass is 32.2. The van der Waals surface area contributed by atoms with Gasteiger partial charge in [0.05, 0.1) is 9.96 Å². The van der Waals surface area contributed by atoms with E-state index in [9.17, 15) is 9.59 Å². The fraction of sp³-hybridized carbons (Fsp3) is 0.571. The summed E-state index contributed by atoms with van der Waals surface area (Å²) >= 11 is 3.12. The minimum Gasteiger partial charge on any atom is -0.481 e. The SMILES string of the molecule is CC(C)C[C@H](CNC(=O)CSc1cccs1)CC(=O)O. The summed E-state index contributed by atoms with van der Waals surface area (Å²) in [7, 11) is 0. The summed E-state index contributed by atoms with van der Waals surface area (Å²) in [6.07, 6.45) is 0.918. The molecule has 0 radical (unpaired) electrons. The lowest BCUT2D eigenvalue weighted by Crippen LogP contribution is -2.32. The number of thiophene rings is 1. The van der Waals surface area contributed by atoms with E-state index >= 15 is 0 Å². The molecule has 1 aromatic rings. The Morgan fingerprint density at radius 2 is 2.20 bits per heavy atom. The Morgan fingerprint density at radius 1 is 1.45 bits per heavy atom. The van der Waals surface area contributed by atoms with E-state index in [2.05, 4.69) is 19.2 Å². The van der Waals surface area contributed by atoms with E-state index < -0.39 is 5.97 Å². The first-order valence-electron chi connectivity index (χ1n) is 6.62. The second-order valence-electron chi connectivity index (χ2n) is 5.12. The van der Waals surface area contributed by atoms with Crippen LogP contribution in [0.15, 0.2) is 21.7 Å². The first-order chi connectivity index (χ1) is 9.47. The zero-order valence-corrected chi connectivity index (χ0v) is 13.4. The van der Waals surface area contributed by atoms with E-state index in [4.69, 9.17) is 5.11 Å². The van der Waals surface area contributed by atoms with Gasteiger partial charge in [-0.1, -0.05) is 19.9 Å². The molecule has 0 aliphatic carbocycles. The number of carbonyl (C=O) groups is 2. The maximum Gasteiger partial charge on any atom is 0.303 e. The molecule has 1 rings (SSSR count). The third-order valence-corrected chi connectivity index (χ3v) is 4.83. The summed E-state index contributed by atoms with van der Waals surface area (Å²) in [6, 6.07) is 3.94. The first kappa shape index (κ1) is 17.0. The van der Waals surface area contributed by atoms with E-state index in [1.807, 2.05) is 17.5 Å². The average molecular weight is 315 g/mol. The van der Waals surface area contributed by atoms with Gasteiger partial charge in [0.25, 0.3) is 0 Å². The van der Waals surface area contributed by atoms with E-state index in [1.165, 1.54) is 11.8 Å². The number of carboxylic acid groups (broad SMARTS) is 1. The molecule has 1 aromatic heterocycles. The third kappa shape index (κ3) is 7.55. The van der Waals surface area contributed by atoms with Crippen molar-refractivity contribution in [3.05, 3.63) is 17.5 Å². The normalized spacial score (nSPS) is 12.3. The Balaban J connectivity index is 2.30. The van der Waals surface area contributed by atoms with Gasteiger partial charge in [0.15, 0.2) is 0 Å². The summed E-state index contributed by atoms with van der Waals surface area (Å²) in [4.78, 5) is 22.5. The molecular formula is C14H21NO3S2. The van der Waals surface area contributed by atoms with Crippen LogP contribution < -0.4 is 5.32 Å². The largest absolute Gasteiger partial charge is 0.481 e. The number of nitrogens with one attached hydrogen (secondary N) is 1. The molecule has 0 saturated heterocycles. The highest BCUT2D eigenvalue weighted by molar-refractivity contribution is 8.01. The van der Waals surface area contributed by atoms with Crippen molar-refractivity contribution in [2.24, 2.45) is 11.8 Å². The van der Waals surface area contributed by atoms with Crippen molar-refractivity contribution in [2.75, 3.05) is 12.3 Å². The van der Waals surface area contributed by atoms with Gasteiger partial charge in [-0.05, 0) is 29.7 Å². The smallest absolute Gasteiger partial charge is 0.303 e. The summed E-state index contributed by atoms with van der Waals surface area (Å²) in [5.74, 6) is -0.0394. The average Bonchev–Trinajstić information content (AvgIpc) is 2.85. The van der Waals surface area contributed by atoms with Crippen LogP contribution in [-0.2, 0) is 9.59 Å². The Bertz CT molecular complexity index is 418. The molecule has 2 N–H and O–H groups in total. The van der Waals surface area contributed by atoms with Gasteiger partial charge < -0.3 is 10.4 Å². The number of rotatable bonds is 9. The standard InChI is InChI=1S/C14H21NO3S2/c1-10(2)6-11(7-13(17)18)8-15-12(16)9-20-14-4-3-5-19-14/h3-5,10-11H,6-9H2,1-2H3,(H,15,16)(H,17,18)/t11-/m0/s1. The van der Waals surface area contributed by atoms with Crippen molar-refractivity contribution in [1.82, 2.24) is 5.32 Å². The molecule has 0 spiro atoms. The fourth-order valence-corrected chi connectivity index (χ4v) is 3.56. The lowest BCUT2D eigenvalue weighted by atomic mass is 9.94. The van der Waals surface area contributed by atoms with E-state index in [0.717, 1.165) is 10.6 Å². The first-order valence-corrected chi connectivity index (χ1v) is 8.48. The molecular weight excluding hydrogens is 294 g/mol. The molecule has 0 aromatic carbocycles. The second-order valence-corrected chi connectivity index (χ2v) is 7.34. The van der Waals surface area contributed by atoms with Crippen LogP contribution in [0.4, 0.5) is 0 Å². The molecule has 4 nitrogen and oxygen atoms in total. The summed E-state index contributed by atoms with van der Waals surface area (Å²) in [5, 5.41) is 13.7. The van der Waals surface area contributed by atoms with E-state index in [0.29, 0.717) is 18.2 Å². The third-order valence-electron chi connectivity index (χ3n) is 2.70. The summed E-state index contributed by atoms with van der Waals surface area (Å²) < 4.78 is 1.12. The van der Waals surface area contributed by atoms with Gasteiger partial charge in [-0.25, -0.2) is 0 Å². The molecule has 0 bridgehead atoms. The van der Waals surface area contributed by atoms with Crippen molar-refractivity contribution in [3.63, 3.8) is 0 Å². The molecule has 0 aliphatic rings. The van der Waals surface area contributed by atoms with Crippen molar-refractivity contribution in [1.29, 1.82) is 0 Å². The minimum atomic E-state index is -0.808. The van der Waals surface area contributed by atoms with Crippen molar-refractivity contribution in [2.45, 2.75) is 30.9 Å². The molecule has 1 heterocycles. The monoisotopic (exact) mass is 315 g/mol. The van der Waals surface area contributed by atoms with Gasteiger partial charge in [0.2, 0.25) is 5.91 Å². The van der Waals surface area contributed by atoms with Crippen LogP contribution in [-0.4, -0.2) is 29.3 Å². The van der Waals surface area contributed by atoms with Crippen LogP contribution in [0.2, 0.25) is 0 Å². The highest BCUT2D eigenvalue weighted by Gasteiger charge is 2.16. The van der Waals surface area contributed by atoms with E-state index in [-0.39, 0.29) is 18.2 Å². The van der Waals surface area contributed by atoms with Gasteiger partial charge in [-0.2, -0.15) is 0 Å². The molecule has 0 unspecified atom stereocenters. The maximum atomic E-state index is 11.7. The number of aliphatic carboxylic acids is 1. The molecule has 112 valence electrons. The van der Waals surface area contributed by atoms with Crippen LogP contribution >= 0.6 is 23.1 Å². The lowest BCUT2D eigenvalue weighted by molar-refractivity contribution is -0.138. The predicted octanol–water partition coefficient (Wildman–Crippen LogP) is 3.09. The Morgan fingerprint density at radius 3 is 2.75 bits per heavy atom. The van der Waals surface area contributed by atoms with Gasteiger partial charge >= 0.3 is 5.97 Å². The van der Waals surface area contributed by atoms with E-state index in [1.54, 1.807) is 11.3 Å². The topological polar surface area (TPSA) is 66.4 Å². The zero-order valence-electron chi connectivity index (χ0n) is 11.8. The molecule has 1 amide bonds. The summed E-state index contributed by atoms with van der Waals surface area (Å²) in [5.41, 5.74) is 0.